The maximum absolute atomic E-state index is 3.56. The van der Waals surface area contributed by atoms with Gasteiger partial charge in [0.25, 0.3) is 0 Å². The molecular formula is C17H21N. The molecule has 0 atom stereocenters. The minimum absolute atomic E-state index is 1.19. The van der Waals surface area contributed by atoms with E-state index >= 15 is 0 Å². The van der Waals surface area contributed by atoms with E-state index in [9.17, 15) is 0 Å². The number of benzene rings is 2. The van der Waals surface area contributed by atoms with Crippen molar-refractivity contribution in [1.29, 1.82) is 0 Å². The Hall–Kier alpha value is -1.76. The van der Waals surface area contributed by atoms with Crippen LogP contribution in [0.25, 0.3) is 0 Å². The fourth-order valence-electron chi connectivity index (χ4n) is 2.47. The van der Waals surface area contributed by atoms with Gasteiger partial charge in [-0.25, -0.2) is 0 Å². The van der Waals surface area contributed by atoms with E-state index in [-0.39, 0.29) is 0 Å². The average Bonchev–Trinajstić information content (AvgIpc) is 2.25. The van der Waals surface area contributed by atoms with E-state index in [4.69, 9.17) is 0 Å². The molecule has 18 heavy (non-hydrogen) atoms. The summed E-state index contributed by atoms with van der Waals surface area (Å²) < 4.78 is 0. The number of rotatable bonds is 2. The first-order valence-electron chi connectivity index (χ1n) is 6.39. The van der Waals surface area contributed by atoms with Gasteiger partial charge in [0.2, 0.25) is 0 Å². The van der Waals surface area contributed by atoms with Crippen LogP contribution in [-0.4, -0.2) is 0 Å². The van der Waals surface area contributed by atoms with Gasteiger partial charge in [-0.1, -0.05) is 35.4 Å². The van der Waals surface area contributed by atoms with Gasteiger partial charge in [-0.2, -0.15) is 0 Å². The van der Waals surface area contributed by atoms with Crippen LogP contribution in [0.3, 0.4) is 0 Å². The molecule has 2 aromatic rings. The Morgan fingerprint density at radius 3 is 1.78 bits per heavy atom. The fraction of sp³-hybridized carbons (Fsp3) is 0.294. The number of hydrogen-bond donors (Lipinski definition) is 1. The summed E-state index contributed by atoms with van der Waals surface area (Å²) in [7, 11) is 0. The van der Waals surface area contributed by atoms with Gasteiger partial charge < -0.3 is 5.32 Å². The van der Waals surface area contributed by atoms with Crippen LogP contribution in [0.5, 0.6) is 0 Å². The third kappa shape index (κ3) is 2.56. The zero-order valence-electron chi connectivity index (χ0n) is 11.9. The molecule has 94 valence electrons. The molecular weight excluding hydrogens is 218 g/mol. The van der Waals surface area contributed by atoms with Crippen molar-refractivity contribution in [3.8, 4) is 0 Å². The van der Waals surface area contributed by atoms with Crippen molar-refractivity contribution in [3.63, 3.8) is 0 Å². The monoisotopic (exact) mass is 239 g/mol. The highest BCUT2D eigenvalue weighted by molar-refractivity contribution is 5.69. The normalized spacial score (nSPS) is 10.5. The van der Waals surface area contributed by atoms with Crippen molar-refractivity contribution in [1.82, 2.24) is 0 Å². The molecule has 0 heterocycles. The standard InChI is InChI=1S/C17H21N/c1-11-6-7-16(13(3)8-11)18-17-14(4)9-12(2)10-15(17)5/h6-10,18H,1-5H3. The molecule has 0 aliphatic rings. The van der Waals surface area contributed by atoms with Gasteiger partial charge in [-0.3, -0.25) is 0 Å². The van der Waals surface area contributed by atoms with E-state index in [0.717, 1.165) is 0 Å². The average molecular weight is 239 g/mol. The molecule has 1 N–H and O–H groups in total. The van der Waals surface area contributed by atoms with E-state index in [1.54, 1.807) is 0 Å². The van der Waals surface area contributed by atoms with E-state index < -0.39 is 0 Å². The third-order valence-electron chi connectivity index (χ3n) is 3.32. The van der Waals surface area contributed by atoms with Crippen LogP contribution in [0.1, 0.15) is 27.8 Å². The Morgan fingerprint density at radius 1 is 0.667 bits per heavy atom. The van der Waals surface area contributed by atoms with E-state index in [2.05, 4.69) is 70.3 Å². The Bertz CT molecular complexity index is 559. The lowest BCUT2D eigenvalue weighted by Crippen LogP contribution is -1.99. The van der Waals surface area contributed by atoms with Crippen LogP contribution in [0.15, 0.2) is 30.3 Å². The molecule has 0 saturated carbocycles. The van der Waals surface area contributed by atoms with Crippen molar-refractivity contribution >= 4 is 11.4 Å². The van der Waals surface area contributed by atoms with Crippen LogP contribution in [-0.2, 0) is 0 Å². The van der Waals surface area contributed by atoms with E-state index in [1.165, 1.54) is 39.2 Å². The molecule has 2 rings (SSSR count). The van der Waals surface area contributed by atoms with Crippen molar-refractivity contribution in [2.45, 2.75) is 34.6 Å². The van der Waals surface area contributed by atoms with Crippen molar-refractivity contribution < 1.29 is 0 Å². The number of aryl methyl sites for hydroxylation is 5. The molecule has 2 aromatic carbocycles. The predicted octanol–water partition coefficient (Wildman–Crippen LogP) is 4.97. The number of anilines is 2. The Morgan fingerprint density at radius 2 is 1.22 bits per heavy atom. The summed E-state index contributed by atoms with van der Waals surface area (Å²) in [5.74, 6) is 0. The van der Waals surface area contributed by atoms with Crippen LogP contribution in [0.2, 0.25) is 0 Å². The molecule has 0 spiro atoms. The molecule has 0 aliphatic carbocycles. The van der Waals surface area contributed by atoms with Gasteiger partial charge in [0.05, 0.1) is 0 Å². The molecule has 0 fully saturated rings. The highest BCUT2D eigenvalue weighted by Gasteiger charge is 2.05. The molecule has 0 amide bonds. The fourth-order valence-corrected chi connectivity index (χ4v) is 2.47. The minimum atomic E-state index is 1.19. The second-order valence-electron chi connectivity index (χ2n) is 5.22. The molecule has 1 nitrogen and oxygen atoms in total. The number of hydrogen-bond acceptors (Lipinski definition) is 1. The topological polar surface area (TPSA) is 12.0 Å². The first-order chi connectivity index (χ1) is 8.47. The van der Waals surface area contributed by atoms with Gasteiger partial charge in [0.1, 0.15) is 0 Å². The zero-order valence-corrected chi connectivity index (χ0v) is 11.9. The molecule has 0 aromatic heterocycles. The summed E-state index contributed by atoms with van der Waals surface area (Å²) in [6, 6.07) is 11.0. The van der Waals surface area contributed by atoms with E-state index in [1.807, 2.05) is 0 Å². The summed E-state index contributed by atoms with van der Waals surface area (Å²) in [6.45, 7) is 10.7. The summed E-state index contributed by atoms with van der Waals surface area (Å²) in [5, 5.41) is 3.56. The quantitative estimate of drug-likeness (QED) is 0.780. The summed E-state index contributed by atoms with van der Waals surface area (Å²) in [4.78, 5) is 0. The third-order valence-corrected chi connectivity index (χ3v) is 3.32. The van der Waals surface area contributed by atoms with Gasteiger partial charge in [-0.05, 0) is 57.4 Å². The summed E-state index contributed by atoms with van der Waals surface area (Å²) in [6.07, 6.45) is 0. The van der Waals surface area contributed by atoms with Gasteiger partial charge >= 0.3 is 0 Å². The first kappa shape index (κ1) is 12.7. The Kier molecular flexibility index (Phi) is 3.42. The van der Waals surface area contributed by atoms with Gasteiger partial charge in [0.15, 0.2) is 0 Å². The second-order valence-corrected chi connectivity index (χ2v) is 5.22. The zero-order chi connectivity index (χ0) is 13.3. The smallest absolute Gasteiger partial charge is 0.0443 e. The lowest BCUT2D eigenvalue weighted by atomic mass is 10.0. The molecule has 1 heteroatoms. The largest absolute Gasteiger partial charge is 0.355 e. The molecule has 0 radical (unpaired) electrons. The van der Waals surface area contributed by atoms with E-state index in [0.29, 0.717) is 0 Å². The molecule has 0 bridgehead atoms. The molecule has 0 unspecified atom stereocenters. The SMILES string of the molecule is Cc1ccc(Nc2c(C)cc(C)cc2C)c(C)c1. The minimum Gasteiger partial charge on any atom is -0.355 e. The maximum Gasteiger partial charge on any atom is 0.0443 e. The van der Waals surface area contributed by atoms with Crippen molar-refractivity contribution in [2.24, 2.45) is 0 Å². The molecule has 0 saturated heterocycles. The van der Waals surface area contributed by atoms with Gasteiger partial charge in [-0.15, -0.1) is 0 Å². The Labute approximate surface area is 110 Å². The van der Waals surface area contributed by atoms with Crippen molar-refractivity contribution in [2.75, 3.05) is 5.32 Å². The number of nitrogens with one attached hydrogen (secondary N) is 1. The Balaban J connectivity index is 2.40. The predicted molar refractivity (Wildman–Crippen MR) is 79.9 cm³/mol. The lowest BCUT2D eigenvalue weighted by Gasteiger charge is -2.16. The summed E-state index contributed by atoms with van der Waals surface area (Å²) in [5.41, 5.74) is 8.92. The second kappa shape index (κ2) is 4.85. The molecule has 0 aliphatic heterocycles. The summed E-state index contributed by atoms with van der Waals surface area (Å²) >= 11 is 0. The van der Waals surface area contributed by atoms with Crippen LogP contribution < -0.4 is 5.32 Å². The van der Waals surface area contributed by atoms with Crippen LogP contribution in [0, 0.1) is 34.6 Å². The highest BCUT2D eigenvalue weighted by atomic mass is 14.9. The highest BCUT2D eigenvalue weighted by Crippen LogP contribution is 2.27. The van der Waals surface area contributed by atoms with Crippen LogP contribution in [0.4, 0.5) is 11.4 Å². The maximum atomic E-state index is 3.56. The van der Waals surface area contributed by atoms with Crippen LogP contribution >= 0.6 is 0 Å². The first-order valence-corrected chi connectivity index (χ1v) is 6.39. The van der Waals surface area contributed by atoms with Crippen molar-refractivity contribution in [3.05, 3.63) is 58.1 Å². The van der Waals surface area contributed by atoms with Gasteiger partial charge in [0, 0.05) is 11.4 Å². The lowest BCUT2D eigenvalue weighted by molar-refractivity contribution is 1.29.